The molecule has 2 aliphatic heterocycles. The molecule has 0 amide bonds. The normalized spacial score (nSPS) is 18.1. The first kappa shape index (κ1) is 45.8. The molecule has 1 saturated heterocycles. The number of aromatic nitrogens is 2. The molecule has 0 aliphatic carbocycles. The fraction of sp³-hybridized carbons (Fsp3) is 0.333. The number of ether oxygens (including phenoxy) is 1. The number of hydrogen-bond acceptors (Lipinski definition) is 2. The van der Waals surface area contributed by atoms with Crippen LogP contribution in [0, 0.1) is 6.67 Å². The molecule has 2 aromatic heterocycles. The minimum Gasteiger partial charge on any atom is -0.457 e. The molecular weight excluding hydrogens is 829 g/mol. The van der Waals surface area contributed by atoms with E-state index >= 15 is 0 Å². The standard InChI is InChI=1S/C63H71N4O/c1-39(2)43-29-53(40(3)4)60(54(30-43)41(5)6)42-27-28-64-59(31-42)65-55-22-17-16-21-51(55)52-25-24-49(37-56(52)65)68-50-34-46(63(13,14)15)33-48(36-50)67-38-66(67,47-20-18-19-44(32-47)61(7,8)9)58-35-45(62(10,11)12)23-26-57(58)67/h16-41H,1-15H3/q+1/t66-,67?/m0/s1. The van der Waals surface area contributed by atoms with E-state index < -0.39 is 0 Å². The zero-order chi connectivity index (χ0) is 48.5. The molecule has 1 unspecified atom stereocenters. The molecular formula is C63H71N4O+. The first-order valence-electron chi connectivity index (χ1n) is 25.0. The maximum Gasteiger partial charge on any atom is 0.225 e. The Morgan fingerprint density at radius 2 is 1.13 bits per heavy atom. The molecule has 4 heterocycles. The minimum absolute atomic E-state index is 0.0218. The van der Waals surface area contributed by atoms with Gasteiger partial charge in [0, 0.05) is 59.4 Å². The van der Waals surface area contributed by atoms with Gasteiger partial charge in [-0.2, -0.15) is 9.18 Å². The molecule has 68 heavy (non-hydrogen) atoms. The van der Waals surface area contributed by atoms with Crippen LogP contribution in [0.2, 0.25) is 0 Å². The van der Waals surface area contributed by atoms with Gasteiger partial charge in [0.05, 0.1) is 11.0 Å². The van der Waals surface area contributed by atoms with Crippen molar-refractivity contribution in [2.75, 3.05) is 0 Å². The fourth-order valence-corrected chi connectivity index (χ4v) is 10.8. The second-order valence-electron chi connectivity index (χ2n) is 23.8. The summed E-state index contributed by atoms with van der Waals surface area (Å²) < 4.78 is 10.7. The van der Waals surface area contributed by atoms with Crippen LogP contribution in [-0.2, 0) is 16.2 Å². The summed E-state index contributed by atoms with van der Waals surface area (Å²) in [6.07, 6.45) is 1.99. The predicted octanol–water partition coefficient (Wildman–Crippen LogP) is 18.2. The third-order valence-electron chi connectivity index (χ3n) is 14.9. The summed E-state index contributed by atoms with van der Waals surface area (Å²) in [5.41, 5.74) is 17.9. The Morgan fingerprint density at radius 3 is 1.79 bits per heavy atom. The third-order valence-corrected chi connectivity index (χ3v) is 14.9. The Morgan fingerprint density at radius 1 is 0.500 bits per heavy atom. The van der Waals surface area contributed by atoms with Crippen LogP contribution in [0.1, 0.15) is 155 Å². The lowest BCUT2D eigenvalue weighted by Gasteiger charge is -2.41. The highest BCUT2D eigenvalue weighted by atomic mass is 16.5. The van der Waals surface area contributed by atoms with E-state index in [1.807, 2.05) is 6.20 Å². The molecule has 10 rings (SSSR count). The molecule has 0 saturated carbocycles. The van der Waals surface area contributed by atoms with Gasteiger partial charge in [0.15, 0.2) is 18.0 Å². The summed E-state index contributed by atoms with van der Waals surface area (Å²) in [5, 5.41) is 2.36. The number of benzene rings is 6. The van der Waals surface area contributed by atoms with E-state index in [-0.39, 0.29) is 16.2 Å². The van der Waals surface area contributed by atoms with Crippen LogP contribution in [0.15, 0.2) is 134 Å². The fourth-order valence-electron chi connectivity index (χ4n) is 10.8. The number of nitrogens with zero attached hydrogens (tertiary/aromatic N) is 4. The molecule has 0 spiro atoms. The lowest BCUT2D eigenvalue weighted by atomic mass is 9.82. The molecule has 5 heteroatoms. The number of para-hydroxylation sites is 1. The third kappa shape index (κ3) is 7.22. The highest BCUT2D eigenvalue weighted by molar-refractivity contribution is 6.09. The van der Waals surface area contributed by atoms with Gasteiger partial charge < -0.3 is 4.74 Å². The van der Waals surface area contributed by atoms with E-state index in [9.17, 15) is 0 Å². The van der Waals surface area contributed by atoms with Gasteiger partial charge >= 0.3 is 0 Å². The van der Waals surface area contributed by atoms with Crippen LogP contribution in [0.5, 0.6) is 11.5 Å². The maximum absolute atomic E-state index is 7.13. The van der Waals surface area contributed by atoms with Gasteiger partial charge in [0.25, 0.3) is 0 Å². The van der Waals surface area contributed by atoms with Gasteiger partial charge in [0.2, 0.25) is 11.4 Å². The molecule has 0 radical (unpaired) electrons. The predicted molar refractivity (Wildman–Crippen MR) is 289 cm³/mol. The van der Waals surface area contributed by atoms with Gasteiger partial charge in [-0.05, 0) is 115 Å². The van der Waals surface area contributed by atoms with Gasteiger partial charge in [-0.15, -0.1) is 0 Å². The second kappa shape index (κ2) is 15.8. The van der Waals surface area contributed by atoms with Gasteiger partial charge in [-0.1, -0.05) is 152 Å². The van der Waals surface area contributed by atoms with Crippen LogP contribution >= 0.6 is 0 Å². The van der Waals surface area contributed by atoms with E-state index in [0.717, 1.165) is 28.4 Å². The highest BCUT2D eigenvalue weighted by Gasteiger charge is 2.78. The summed E-state index contributed by atoms with van der Waals surface area (Å²) in [6, 6.07) is 48.0. The van der Waals surface area contributed by atoms with Crippen LogP contribution in [0.3, 0.4) is 0 Å². The van der Waals surface area contributed by atoms with E-state index in [4.69, 9.17) is 9.72 Å². The molecule has 2 atom stereocenters. The quantitative estimate of drug-likeness (QED) is 0.0820. The van der Waals surface area contributed by atoms with Gasteiger partial charge in [0.1, 0.15) is 17.3 Å². The van der Waals surface area contributed by atoms with Crippen LogP contribution in [0.4, 0.5) is 22.7 Å². The summed E-state index contributed by atoms with van der Waals surface area (Å²) in [7, 11) is 0. The number of rotatable bonds is 9. The molecule has 0 N–H and O–H groups in total. The Hall–Kier alpha value is -6.01. The number of pyridine rings is 1. The summed E-state index contributed by atoms with van der Waals surface area (Å²) >= 11 is 0. The second-order valence-corrected chi connectivity index (χ2v) is 23.8. The first-order chi connectivity index (χ1) is 32.0. The molecule has 5 nitrogen and oxygen atoms in total. The number of hydrogen-bond donors (Lipinski definition) is 0. The molecule has 2 aliphatic rings. The van der Waals surface area contributed by atoms with Crippen LogP contribution < -0.4 is 13.9 Å². The monoisotopic (exact) mass is 900 g/mol. The molecule has 348 valence electrons. The van der Waals surface area contributed by atoms with Crippen molar-refractivity contribution in [3.05, 3.63) is 174 Å². The number of quaternary nitrogens is 2. The average molecular weight is 900 g/mol. The van der Waals surface area contributed by atoms with Gasteiger partial charge in [-0.25, -0.2) is 4.98 Å². The Kier molecular flexibility index (Phi) is 10.6. The Balaban J connectivity index is 1.11. The van der Waals surface area contributed by atoms with Crippen molar-refractivity contribution in [2.45, 2.75) is 138 Å². The first-order valence-corrected chi connectivity index (χ1v) is 25.0. The highest BCUT2D eigenvalue weighted by Crippen LogP contribution is 2.76. The summed E-state index contributed by atoms with van der Waals surface area (Å²) in [4.78, 5) is 5.12. The van der Waals surface area contributed by atoms with E-state index in [2.05, 4.69) is 242 Å². The molecule has 8 aromatic rings. The van der Waals surface area contributed by atoms with Crippen molar-refractivity contribution in [2.24, 2.45) is 0 Å². The molecule has 6 aromatic carbocycles. The van der Waals surface area contributed by atoms with Crippen molar-refractivity contribution >= 4 is 44.6 Å². The van der Waals surface area contributed by atoms with Crippen molar-refractivity contribution in [1.29, 1.82) is 0 Å². The topological polar surface area (TPSA) is 27.1 Å². The summed E-state index contributed by atoms with van der Waals surface area (Å²) in [6.45, 7) is 37.1. The lowest BCUT2D eigenvalue weighted by molar-refractivity contribution is 0.419. The van der Waals surface area contributed by atoms with Crippen LogP contribution in [-0.4, -0.2) is 9.55 Å². The number of fused-ring (bicyclic) bond motifs is 7. The van der Waals surface area contributed by atoms with Crippen LogP contribution in [0.25, 0.3) is 38.8 Å². The lowest BCUT2D eigenvalue weighted by Crippen LogP contribution is -2.47. The summed E-state index contributed by atoms with van der Waals surface area (Å²) in [5.74, 6) is 3.70. The minimum atomic E-state index is -0.124. The SMILES string of the molecule is CC(C)c1cc(C(C)C)c(-c2ccnc(-n3c4ccccc4c4ccc(Oc5cc(C(C)(C)C)cc([N+]67[CH-][N@+]6(c6cccc(C(C)(C)C)c6)c6cc(C(C)(C)C)ccc67)c5)cc43)c2)c(C(C)C)c1. The Labute approximate surface area is 406 Å². The van der Waals surface area contributed by atoms with Crippen molar-refractivity contribution in [1.82, 2.24) is 18.7 Å². The molecule has 0 bridgehead atoms. The molecule has 1 fully saturated rings. The zero-order valence-electron chi connectivity index (χ0n) is 43.2. The smallest absolute Gasteiger partial charge is 0.225 e. The van der Waals surface area contributed by atoms with E-state index in [1.165, 1.54) is 78.0 Å². The van der Waals surface area contributed by atoms with Crippen molar-refractivity contribution in [3.8, 4) is 28.4 Å². The van der Waals surface area contributed by atoms with E-state index in [1.54, 1.807) is 0 Å². The van der Waals surface area contributed by atoms with E-state index in [0.29, 0.717) is 26.9 Å². The van der Waals surface area contributed by atoms with Gasteiger partial charge in [-0.3, -0.25) is 4.57 Å². The average Bonchev–Trinajstić information content (AvgIpc) is 3.78. The zero-order valence-corrected chi connectivity index (χ0v) is 43.2. The largest absolute Gasteiger partial charge is 0.457 e. The maximum atomic E-state index is 7.13. The van der Waals surface area contributed by atoms with Crippen molar-refractivity contribution < 1.29 is 4.74 Å². The van der Waals surface area contributed by atoms with Crippen molar-refractivity contribution in [3.63, 3.8) is 0 Å². The Bertz CT molecular complexity index is 3260.